The van der Waals surface area contributed by atoms with Crippen LogP contribution in [0.4, 0.5) is 4.39 Å². The first-order valence-electron chi connectivity index (χ1n) is 9.93. The number of aromatic nitrogens is 2. The van der Waals surface area contributed by atoms with E-state index in [0.29, 0.717) is 11.8 Å². The Morgan fingerprint density at radius 2 is 1.74 bits per heavy atom. The van der Waals surface area contributed by atoms with Crippen LogP contribution in [0, 0.1) is 11.7 Å². The van der Waals surface area contributed by atoms with Crippen molar-refractivity contribution in [2.45, 2.75) is 57.5 Å². The van der Waals surface area contributed by atoms with E-state index in [0.717, 1.165) is 36.9 Å². The van der Waals surface area contributed by atoms with Gasteiger partial charge in [-0.25, -0.2) is 9.37 Å². The number of pyridine rings is 1. The van der Waals surface area contributed by atoms with Crippen LogP contribution in [0.25, 0.3) is 5.52 Å². The molecule has 3 aromatic rings. The molecule has 4 rings (SSSR count). The minimum Gasteiger partial charge on any atom is -0.387 e. The summed E-state index contributed by atoms with van der Waals surface area (Å²) in [5, 5.41) is 11.3. The zero-order valence-electron chi connectivity index (χ0n) is 16.0. The Bertz CT molecular complexity index is 908. The van der Waals surface area contributed by atoms with E-state index in [1.54, 1.807) is 12.1 Å². The lowest BCUT2D eigenvalue weighted by atomic mass is 9.75. The molecule has 0 bridgehead atoms. The number of hydrogen-bond acceptors (Lipinski definition) is 2. The third kappa shape index (κ3) is 3.51. The molecule has 1 aliphatic rings. The molecule has 142 valence electrons. The number of benzene rings is 1. The van der Waals surface area contributed by atoms with Crippen molar-refractivity contribution in [2.24, 2.45) is 5.92 Å². The quantitative estimate of drug-likeness (QED) is 0.652. The lowest BCUT2D eigenvalue weighted by molar-refractivity contribution is 0.0752. The Morgan fingerprint density at radius 1 is 1.04 bits per heavy atom. The maximum absolute atomic E-state index is 13.2. The number of aliphatic hydroxyl groups excluding tert-OH is 1. The highest BCUT2D eigenvalue weighted by Gasteiger charge is 2.31. The Hall–Kier alpha value is -2.20. The Kier molecular flexibility index (Phi) is 5.00. The second-order valence-electron chi connectivity index (χ2n) is 8.13. The van der Waals surface area contributed by atoms with Gasteiger partial charge in [0.2, 0.25) is 0 Å². The first kappa shape index (κ1) is 18.2. The number of nitrogens with zero attached hydrogens (tertiary/aromatic N) is 2. The lowest BCUT2D eigenvalue weighted by Gasteiger charge is -2.33. The molecule has 0 unspecified atom stereocenters. The minimum absolute atomic E-state index is 0.183. The second-order valence-corrected chi connectivity index (χ2v) is 8.13. The first-order valence-corrected chi connectivity index (χ1v) is 9.93. The van der Waals surface area contributed by atoms with Crippen molar-refractivity contribution in [2.75, 3.05) is 0 Å². The fourth-order valence-corrected chi connectivity index (χ4v) is 4.56. The van der Waals surface area contributed by atoms with Gasteiger partial charge in [-0.1, -0.05) is 32.0 Å². The largest absolute Gasteiger partial charge is 0.387 e. The van der Waals surface area contributed by atoms with Gasteiger partial charge in [-0.3, -0.25) is 0 Å². The normalized spacial score (nSPS) is 21.7. The van der Waals surface area contributed by atoms with Crippen LogP contribution < -0.4 is 0 Å². The summed E-state index contributed by atoms with van der Waals surface area (Å²) >= 11 is 0. The molecule has 1 aliphatic carbocycles. The van der Waals surface area contributed by atoms with E-state index in [1.807, 2.05) is 29.1 Å². The molecular weight excluding hydrogens is 339 g/mol. The molecule has 4 heteroatoms. The van der Waals surface area contributed by atoms with Crippen LogP contribution in [0.3, 0.4) is 0 Å². The van der Waals surface area contributed by atoms with Crippen LogP contribution in [-0.4, -0.2) is 14.5 Å². The fourth-order valence-electron chi connectivity index (χ4n) is 4.56. The molecule has 1 aromatic carbocycles. The van der Waals surface area contributed by atoms with E-state index in [2.05, 4.69) is 31.0 Å². The summed E-state index contributed by atoms with van der Waals surface area (Å²) in [5.41, 5.74) is 4.41. The van der Waals surface area contributed by atoms with Crippen LogP contribution >= 0.6 is 0 Å². The van der Waals surface area contributed by atoms with Gasteiger partial charge in [-0.15, -0.1) is 0 Å². The van der Waals surface area contributed by atoms with Gasteiger partial charge in [0.15, 0.2) is 0 Å². The molecule has 0 spiro atoms. The molecule has 2 aromatic heterocycles. The highest BCUT2D eigenvalue weighted by molar-refractivity contribution is 5.49. The van der Waals surface area contributed by atoms with Crippen molar-refractivity contribution in [3.8, 4) is 0 Å². The molecular formula is C23H27FN2O. The summed E-state index contributed by atoms with van der Waals surface area (Å²) in [4.78, 5) is 4.27. The second kappa shape index (κ2) is 7.43. The van der Waals surface area contributed by atoms with Crippen LogP contribution in [0.5, 0.6) is 0 Å². The number of rotatable bonds is 4. The van der Waals surface area contributed by atoms with Crippen LogP contribution in [0.2, 0.25) is 0 Å². The van der Waals surface area contributed by atoms with Gasteiger partial charge in [0.05, 0.1) is 29.8 Å². The zero-order valence-corrected chi connectivity index (χ0v) is 16.0. The molecule has 1 N–H and O–H groups in total. The Morgan fingerprint density at radius 3 is 2.41 bits per heavy atom. The standard InChI is InChI=1S/C23H27FN2O/c1-15(2)21-12-11-20-13-25-14-26(20)22(21)23(27)18-5-3-16(4-6-18)17-7-9-19(24)10-8-17/h7-16,18,23,27H,3-6H2,1-2H3/t16?,18?,23-/m1/s1. The lowest BCUT2D eigenvalue weighted by Crippen LogP contribution is -2.22. The number of halogens is 1. The zero-order chi connectivity index (χ0) is 19.0. The predicted octanol–water partition coefficient (Wildman–Crippen LogP) is 5.60. The van der Waals surface area contributed by atoms with Gasteiger partial charge in [0, 0.05) is 0 Å². The summed E-state index contributed by atoms with van der Waals surface area (Å²) in [6, 6.07) is 11.1. The van der Waals surface area contributed by atoms with Gasteiger partial charge >= 0.3 is 0 Å². The maximum Gasteiger partial charge on any atom is 0.123 e. The van der Waals surface area contributed by atoms with Crippen LogP contribution in [0.1, 0.15) is 74.3 Å². The molecule has 27 heavy (non-hydrogen) atoms. The van der Waals surface area contributed by atoms with E-state index in [9.17, 15) is 9.50 Å². The van der Waals surface area contributed by atoms with Crippen LogP contribution in [-0.2, 0) is 0 Å². The maximum atomic E-state index is 13.2. The smallest absolute Gasteiger partial charge is 0.123 e. The average Bonchev–Trinajstić information content (AvgIpc) is 3.16. The molecule has 1 saturated carbocycles. The molecule has 0 saturated heterocycles. The molecule has 0 aliphatic heterocycles. The number of aliphatic hydroxyl groups is 1. The summed E-state index contributed by atoms with van der Waals surface area (Å²) in [7, 11) is 0. The van der Waals surface area contributed by atoms with E-state index in [4.69, 9.17) is 0 Å². The van der Waals surface area contributed by atoms with Crippen molar-refractivity contribution in [3.05, 3.63) is 71.6 Å². The van der Waals surface area contributed by atoms with E-state index in [1.165, 1.54) is 11.1 Å². The van der Waals surface area contributed by atoms with E-state index >= 15 is 0 Å². The summed E-state index contributed by atoms with van der Waals surface area (Å²) in [6.07, 6.45) is 7.18. The van der Waals surface area contributed by atoms with Crippen molar-refractivity contribution in [3.63, 3.8) is 0 Å². The molecule has 1 atom stereocenters. The van der Waals surface area contributed by atoms with E-state index in [-0.39, 0.29) is 11.7 Å². The summed E-state index contributed by atoms with van der Waals surface area (Å²) in [6.45, 7) is 4.33. The van der Waals surface area contributed by atoms with Crippen molar-refractivity contribution < 1.29 is 9.50 Å². The Labute approximate surface area is 159 Å². The van der Waals surface area contributed by atoms with Gasteiger partial charge < -0.3 is 9.51 Å². The molecule has 3 nitrogen and oxygen atoms in total. The van der Waals surface area contributed by atoms with Gasteiger partial charge in [0.25, 0.3) is 0 Å². The molecule has 1 fully saturated rings. The summed E-state index contributed by atoms with van der Waals surface area (Å²) < 4.78 is 15.2. The fraction of sp³-hybridized carbons (Fsp3) is 0.435. The number of hydrogen-bond donors (Lipinski definition) is 1. The van der Waals surface area contributed by atoms with Crippen LogP contribution in [0.15, 0.2) is 48.9 Å². The topological polar surface area (TPSA) is 37.5 Å². The minimum atomic E-state index is -0.491. The molecule has 0 radical (unpaired) electrons. The predicted molar refractivity (Wildman–Crippen MR) is 105 cm³/mol. The van der Waals surface area contributed by atoms with Gasteiger partial charge in [-0.2, -0.15) is 0 Å². The van der Waals surface area contributed by atoms with Crippen molar-refractivity contribution >= 4 is 5.52 Å². The molecule has 0 amide bonds. The van der Waals surface area contributed by atoms with Crippen molar-refractivity contribution in [1.29, 1.82) is 0 Å². The Balaban J connectivity index is 1.55. The molecule has 2 heterocycles. The monoisotopic (exact) mass is 366 g/mol. The highest BCUT2D eigenvalue weighted by Crippen LogP contribution is 2.42. The van der Waals surface area contributed by atoms with E-state index < -0.39 is 6.10 Å². The summed E-state index contributed by atoms with van der Waals surface area (Å²) in [5.74, 6) is 0.865. The van der Waals surface area contributed by atoms with Gasteiger partial charge in [-0.05, 0) is 72.8 Å². The van der Waals surface area contributed by atoms with Crippen molar-refractivity contribution in [1.82, 2.24) is 9.38 Å². The third-order valence-corrected chi connectivity index (χ3v) is 6.12. The first-order chi connectivity index (χ1) is 13.0. The van der Waals surface area contributed by atoms with Gasteiger partial charge in [0.1, 0.15) is 5.82 Å². The number of imidazole rings is 1. The SMILES string of the molecule is CC(C)c1ccc2cncn2c1[C@H](O)C1CCC(c2ccc(F)cc2)CC1. The number of fused-ring (bicyclic) bond motifs is 1. The third-order valence-electron chi connectivity index (χ3n) is 6.12. The highest BCUT2D eigenvalue weighted by atomic mass is 19.1. The average molecular weight is 366 g/mol.